The molecule has 0 fully saturated rings. The lowest BCUT2D eigenvalue weighted by Gasteiger charge is -2.00. The Kier molecular flexibility index (Phi) is 7.76. The first kappa shape index (κ1) is 20.8. The van der Waals surface area contributed by atoms with Crippen LogP contribution in [0.25, 0.3) is 11.3 Å². The molecule has 0 saturated carbocycles. The van der Waals surface area contributed by atoms with E-state index in [1.807, 2.05) is 43.3 Å². The van der Waals surface area contributed by atoms with Crippen molar-refractivity contribution in [2.75, 3.05) is 11.3 Å². The van der Waals surface area contributed by atoms with E-state index in [9.17, 15) is 0 Å². The van der Waals surface area contributed by atoms with Crippen LogP contribution in [0.15, 0.2) is 45.9 Å². The first-order chi connectivity index (χ1) is 11.2. The van der Waals surface area contributed by atoms with Crippen LogP contribution in [0.4, 0.5) is 5.95 Å². The van der Waals surface area contributed by atoms with Gasteiger partial charge in [-0.3, -0.25) is 0 Å². The number of nitrogens with one attached hydrogen (secondary N) is 1. The summed E-state index contributed by atoms with van der Waals surface area (Å²) in [6.45, 7) is 1.95. The molecule has 0 atom stereocenters. The van der Waals surface area contributed by atoms with Gasteiger partial charge in [0.05, 0.1) is 6.21 Å². The number of furan rings is 1. The zero-order valence-electron chi connectivity index (χ0n) is 13.2. The molecule has 0 aliphatic carbocycles. The first-order valence-corrected chi connectivity index (χ1v) is 7.39. The summed E-state index contributed by atoms with van der Waals surface area (Å²) >= 11 is 5.98. The molecule has 0 amide bonds. The second-order valence-corrected chi connectivity index (χ2v) is 5.18. The van der Waals surface area contributed by atoms with Crippen LogP contribution >= 0.6 is 36.4 Å². The quantitative estimate of drug-likeness (QED) is 0.384. The Morgan fingerprint density at radius 2 is 2.08 bits per heavy atom. The summed E-state index contributed by atoms with van der Waals surface area (Å²) in [5.74, 6) is 8.14. The molecule has 1 aromatic carbocycles. The molecule has 0 radical (unpaired) electrons. The van der Waals surface area contributed by atoms with E-state index in [-0.39, 0.29) is 24.8 Å². The van der Waals surface area contributed by atoms with Crippen LogP contribution in [0.2, 0.25) is 5.02 Å². The molecule has 0 aliphatic rings. The molecule has 0 bridgehead atoms. The summed E-state index contributed by atoms with van der Waals surface area (Å²) in [4.78, 5) is 0. The van der Waals surface area contributed by atoms with Gasteiger partial charge in [-0.1, -0.05) is 30.7 Å². The average Bonchev–Trinajstić information content (AvgIpc) is 3.15. The van der Waals surface area contributed by atoms with Crippen molar-refractivity contribution in [1.29, 1.82) is 0 Å². The fourth-order valence-corrected chi connectivity index (χ4v) is 2.20. The summed E-state index contributed by atoms with van der Waals surface area (Å²) < 4.78 is 7.06. The van der Waals surface area contributed by atoms with Gasteiger partial charge in [0.2, 0.25) is 0 Å². The molecule has 3 rings (SSSR count). The minimum Gasteiger partial charge on any atom is -0.455 e. The Morgan fingerprint density at radius 1 is 1.28 bits per heavy atom. The Morgan fingerprint density at radius 3 is 2.76 bits per heavy atom. The van der Waals surface area contributed by atoms with Crippen molar-refractivity contribution in [2.24, 2.45) is 5.10 Å². The molecule has 3 N–H and O–H groups in total. The molecule has 10 heteroatoms. The summed E-state index contributed by atoms with van der Waals surface area (Å²) in [6, 6.07) is 11.1. The zero-order chi connectivity index (χ0) is 16.2. The number of nitrogens with two attached hydrogens (primary N) is 1. The van der Waals surface area contributed by atoms with Gasteiger partial charge >= 0.3 is 0 Å². The fourth-order valence-electron chi connectivity index (χ4n) is 2.01. The van der Waals surface area contributed by atoms with Crippen molar-refractivity contribution in [3.05, 3.63) is 53.0 Å². The van der Waals surface area contributed by atoms with Gasteiger partial charge in [0, 0.05) is 17.0 Å². The van der Waals surface area contributed by atoms with E-state index >= 15 is 0 Å². The van der Waals surface area contributed by atoms with Gasteiger partial charge < -0.3 is 10.3 Å². The third kappa shape index (κ3) is 4.88. The molecular weight excluding hydrogens is 387 g/mol. The lowest BCUT2D eigenvalue weighted by molar-refractivity contribution is 0.575. The smallest absolute Gasteiger partial charge is 0.263 e. The lowest BCUT2D eigenvalue weighted by Crippen LogP contribution is -2.14. The van der Waals surface area contributed by atoms with Gasteiger partial charge in [0.25, 0.3) is 5.95 Å². The van der Waals surface area contributed by atoms with Crippen molar-refractivity contribution >= 4 is 48.6 Å². The SMILES string of the molecule is CCc1nnc(N/N=C/c2ccc(-c3cccc(Cl)c3)o2)n1N.Cl.Cl. The highest BCUT2D eigenvalue weighted by molar-refractivity contribution is 6.30. The molecule has 7 nitrogen and oxygen atoms in total. The second kappa shape index (κ2) is 9.31. The number of hydrogen-bond acceptors (Lipinski definition) is 6. The maximum atomic E-state index is 5.98. The van der Waals surface area contributed by atoms with Gasteiger partial charge in [-0.25, -0.2) is 10.1 Å². The first-order valence-electron chi connectivity index (χ1n) is 7.01. The van der Waals surface area contributed by atoms with E-state index < -0.39 is 0 Å². The third-order valence-corrected chi connectivity index (χ3v) is 3.41. The molecule has 2 heterocycles. The molecule has 25 heavy (non-hydrogen) atoms. The van der Waals surface area contributed by atoms with Gasteiger partial charge in [0.1, 0.15) is 11.5 Å². The van der Waals surface area contributed by atoms with Crippen LogP contribution in [-0.4, -0.2) is 21.1 Å². The van der Waals surface area contributed by atoms with Crippen LogP contribution in [0, 0.1) is 0 Å². The highest BCUT2D eigenvalue weighted by atomic mass is 35.5. The van der Waals surface area contributed by atoms with E-state index in [0.717, 1.165) is 5.56 Å². The Bertz CT molecular complexity index is 845. The molecule has 2 aromatic heterocycles. The monoisotopic (exact) mass is 402 g/mol. The fraction of sp³-hybridized carbons (Fsp3) is 0.133. The molecule has 0 spiro atoms. The molecule has 134 valence electrons. The number of rotatable bonds is 5. The average molecular weight is 404 g/mol. The van der Waals surface area contributed by atoms with Crippen molar-refractivity contribution in [3.8, 4) is 11.3 Å². The summed E-state index contributed by atoms with van der Waals surface area (Å²) in [5.41, 5.74) is 3.63. The summed E-state index contributed by atoms with van der Waals surface area (Å²) in [7, 11) is 0. The Balaban J connectivity index is 0.00000156. The number of nitrogens with zero attached hydrogens (tertiary/aromatic N) is 4. The number of hydrogen-bond donors (Lipinski definition) is 2. The number of aromatic nitrogens is 3. The highest BCUT2D eigenvalue weighted by Gasteiger charge is 2.06. The lowest BCUT2D eigenvalue weighted by atomic mass is 10.2. The molecule has 3 aromatic rings. The predicted molar refractivity (Wildman–Crippen MR) is 104 cm³/mol. The van der Waals surface area contributed by atoms with Crippen LogP contribution in [0.5, 0.6) is 0 Å². The second-order valence-electron chi connectivity index (χ2n) is 4.75. The zero-order valence-corrected chi connectivity index (χ0v) is 15.6. The van der Waals surface area contributed by atoms with Crippen LogP contribution in [0.1, 0.15) is 18.5 Å². The van der Waals surface area contributed by atoms with Crippen molar-refractivity contribution in [2.45, 2.75) is 13.3 Å². The van der Waals surface area contributed by atoms with Gasteiger partial charge in [-0.2, -0.15) is 5.10 Å². The minimum atomic E-state index is 0. The third-order valence-electron chi connectivity index (χ3n) is 3.17. The number of hydrazone groups is 1. The number of anilines is 1. The van der Waals surface area contributed by atoms with Crippen LogP contribution in [-0.2, 0) is 6.42 Å². The summed E-state index contributed by atoms with van der Waals surface area (Å²) in [6.07, 6.45) is 2.23. The van der Waals surface area contributed by atoms with Gasteiger partial charge in [-0.15, -0.1) is 35.0 Å². The minimum absolute atomic E-state index is 0. The Hall–Kier alpha value is -2.22. The van der Waals surface area contributed by atoms with E-state index in [2.05, 4.69) is 20.7 Å². The summed E-state index contributed by atoms with van der Waals surface area (Å²) in [5, 5.41) is 12.5. The largest absolute Gasteiger partial charge is 0.455 e. The predicted octanol–water partition coefficient (Wildman–Crippen LogP) is 3.76. The highest BCUT2D eigenvalue weighted by Crippen LogP contribution is 2.24. The topological polar surface area (TPSA) is 94.3 Å². The maximum absolute atomic E-state index is 5.98. The van der Waals surface area contributed by atoms with Crippen LogP contribution < -0.4 is 11.3 Å². The molecule has 0 saturated heterocycles. The maximum Gasteiger partial charge on any atom is 0.263 e. The Labute approximate surface area is 162 Å². The number of halogens is 3. The van der Waals surface area contributed by atoms with Crippen LogP contribution in [0.3, 0.4) is 0 Å². The van der Waals surface area contributed by atoms with Gasteiger partial charge in [0.15, 0.2) is 5.82 Å². The number of aryl methyl sites for hydroxylation is 1. The standard InChI is InChI=1S/C15H15ClN6O.2ClH/c1-2-14-19-21-15(22(14)17)20-18-9-12-6-7-13(23-12)10-4-3-5-11(16)8-10;;/h3-9H,2,17H2,1H3,(H,20,21);2*1H/b18-9+;;. The molecular formula is C15H17Cl3N6O. The van der Waals surface area contributed by atoms with E-state index in [1.165, 1.54) is 10.9 Å². The van der Waals surface area contributed by atoms with E-state index in [4.69, 9.17) is 21.9 Å². The normalized spacial score (nSPS) is 10.3. The molecule has 0 unspecified atom stereocenters. The van der Waals surface area contributed by atoms with Crippen molar-refractivity contribution < 1.29 is 4.42 Å². The van der Waals surface area contributed by atoms with E-state index in [0.29, 0.717) is 34.7 Å². The van der Waals surface area contributed by atoms with Crippen molar-refractivity contribution in [1.82, 2.24) is 14.9 Å². The number of benzene rings is 1. The van der Waals surface area contributed by atoms with E-state index in [1.54, 1.807) is 0 Å². The molecule has 0 aliphatic heterocycles. The van der Waals surface area contributed by atoms with Gasteiger partial charge in [-0.05, 0) is 24.3 Å². The van der Waals surface area contributed by atoms with Crippen molar-refractivity contribution in [3.63, 3.8) is 0 Å². The number of nitrogen functional groups attached to an aromatic ring is 1.